The Morgan fingerprint density at radius 3 is 1.39 bits per heavy atom. The molecule has 0 rings (SSSR count). The Morgan fingerprint density at radius 1 is 0.667 bits per heavy atom. The fraction of sp³-hybridized carbons (Fsp3) is 0.833. The van der Waals surface area contributed by atoms with Crippen LogP contribution in [0.15, 0.2) is 0 Å². The fourth-order valence-electron chi connectivity index (χ4n) is 1.48. The average Bonchev–Trinajstić information content (AvgIpc) is 2.29. The Kier molecular flexibility index (Phi) is 11.5. The maximum absolute atomic E-state index is 10.2. The van der Waals surface area contributed by atoms with Crippen molar-refractivity contribution in [1.82, 2.24) is 10.6 Å². The minimum atomic E-state index is -0.738. The second-order valence-electron chi connectivity index (χ2n) is 4.20. The number of hydrogen-bond acceptors (Lipinski definition) is 4. The molecular weight excluding hydrogens is 236 g/mol. The lowest BCUT2D eigenvalue weighted by atomic mass is 10.2. The van der Waals surface area contributed by atoms with Gasteiger partial charge in [0, 0.05) is 25.9 Å². The van der Waals surface area contributed by atoms with Crippen LogP contribution in [0.1, 0.15) is 38.5 Å². The molecule has 0 bridgehead atoms. The molecule has 0 heterocycles. The minimum Gasteiger partial charge on any atom is -0.481 e. The summed E-state index contributed by atoms with van der Waals surface area (Å²) < 4.78 is 0. The summed E-state index contributed by atoms with van der Waals surface area (Å²) in [6.07, 6.45) is 3.67. The molecule has 0 amide bonds. The molecule has 18 heavy (non-hydrogen) atoms. The van der Waals surface area contributed by atoms with Crippen molar-refractivity contribution >= 4 is 11.9 Å². The van der Waals surface area contributed by atoms with Crippen LogP contribution < -0.4 is 10.6 Å². The number of carboxylic acids is 2. The summed E-state index contributed by atoms with van der Waals surface area (Å²) in [7, 11) is 0. The van der Waals surface area contributed by atoms with Crippen LogP contribution in [0, 0.1) is 0 Å². The monoisotopic (exact) mass is 260 g/mol. The smallest absolute Gasteiger partial charge is 0.303 e. The van der Waals surface area contributed by atoms with Gasteiger partial charge in [0.15, 0.2) is 0 Å². The quantitative estimate of drug-likeness (QED) is 0.363. The molecule has 0 aliphatic heterocycles. The van der Waals surface area contributed by atoms with Gasteiger partial charge >= 0.3 is 11.9 Å². The molecule has 0 aromatic heterocycles. The van der Waals surface area contributed by atoms with Crippen LogP contribution in [0.25, 0.3) is 0 Å². The lowest BCUT2D eigenvalue weighted by Crippen LogP contribution is -2.28. The van der Waals surface area contributed by atoms with Gasteiger partial charge in [-0.05, 0) is 38.8 Å². The number of hydrogen-bond donors (Lipinski definition) is 4. The zero-order valence-electron chi connectivity index (χ0n) is 10.8. The van der Waals surface area contributed by atoms with Gasteiger partial charge < -0.3 is 20.8 Å². The number of nitrogens with one attached hydrogen (secondary N) is 2. The van der Waals surface area contributed by atoms with Gasteiger partial charge in [0.25, 0.3) is 0 Å². The van der Waals surface area contributed by atoms with Crippen molar-refractivity contribution in [3.8, 4) is 0 Å². The van der Waals surface area contributed by atoms with E-state index in [9.17, 15) is 9.59 Å². The molecule has 106 valence electrons. The molecule has 0 saturated carbocycles. The van der Waals surface area contributed by atoms with E-state index in [0.29, 0.717) is 12.8 Å². The maximum Gasteiger partial charge on any atom is 0.303 e. The predicted molar refractivity (Wildman–Crippen MR) is 68.7 cm³/mol. The fourth-order valence-corrected chi connectivity index (χ4v) is 1.48. The molecule has 6 heteroatoms. The average molecular weight is 260 g/mol. The van der Waals surface area contributed by atoms with Crippen LogP contribution in [0.3, 0.4) is 0 Å². The van der Waals surface area contributed by atoms with E-state index in [1.54, 1.807) is 0 Å². The van der Waals surface area contributed by atoms with Gasteiger partial charge in [-0.3, -0.25) is 9.59 Å². The van der Waals surface area contributed by atoms with Crippen molar-refractivity contribution in [3.05, 3.63) is 0 Å². The highest BCUT2D eigenvalue weighted by Crippen LogP contribution is 1.93. The molecule has 0 aromatic rings. The number of aliphatic carboxylic acids is 2. The molecule has 0 saturated heterocycles. The van der Waals surface area contributed by atoms with E-state index >= 15 is 0 Å². The Hall–Kier alpha value is -1.14. The van der Waals surface area contributed by atoms with Crippen molar-refractivity contribution in [1.29, 1.82) is 0 Å². The molecule has 6 nitrogen and oxygen atoms in total. The standard InChI is InChI=1S/C12H24N2O4/c15-11(16)5-1-3-7-13-9-10-14-8-4-2-6-12(17)18/h13-14H,1-10H2,(H,15,16)(H,17,18). The highest BCUT2D eigenvalue weighted by Gasteiger charge is 1.97. The van der Waals surface area contributed by atoms with Crippen molar-refractivity contribution in [3.63, 3.8) is 0 Å². The Bertz CT molecular complexity index is 210. The van der Waals surface area contributed by atoms with E-state index in [4.69, 9.17) is 10.2 Å². The zero-order chi connectivity index (χ0) is 13.6. The second-order valence-corrected chi connectivity index (χ2v) is 4.20. The van der Waals surface area contributed by atoms with Crippen LogP contribution in [-0.2, 0) is 9.59 Å². The number of unbranched alkanes of at least 4 members (excludes halogenated alkanes) is 2. The van der Waals surface area contributed by atoms with Crippen molar-refractivity contribution in [2.75, 3.05) is 26.2 Å². The number of carbonyl (C=O) groups is 2. The van der Waals surface area contributed by atoms with Crippen LogP contribution in [0.4, 0.5) is 0 Å². The van der Waals surface area contributed by atoms with E-state index in [2.05, 4.69) is 10.6 Å². The van der Waals surface area contributed by atoms with Gasteiger partial charge in [0.2, 0.25) is 0 Å². The maximum atomic E-state index is 10.2. The van der Waals surface area contributed by atoms with E-state index in [1.165, 1.54) is 0 Å². The van der Waals surface area contributed by atoms with Crippen molar-refractivity contribution < 1.29 is 19.8 Å². The van der Waals surface area contributed by atoms with E-state index in [1.807, 2.05) is 0 Å². The highest BCUT2D eigenvalue weighted by atomic mass is 16.4. The summed E-state index contributed by atoms with van der Waals surface area (Å²) in [6.45, 7) is 3.39. The molecular formula is C12H24N2O4. The topological polar surface area (TPSA) is 98.7 Å². The Morgan fingerprint density at radius 2 is 1.06 bits per heavy atom. The number of carboxylic acid groups (broad SMARTS) is 2. The largest absolute Gasteiger partial charge is 0.481 e. The van der Waals surface area contributed by atoms with Gasteiger partial charge in [-0.15, -0.1) is 0 Å². The van der Waals surface area contributed by atoms with Crippen molar-refractivity contribution in [2.24, 2.45) is 0 Å². The second kappa shape index (κ2) is 12.3. The molecule has 0 fully saturated rings. The first-order valence-electron chi connectivity index (χ1n) is 6.48. The van der Waals surface area contributed by atoms with Gasteiger partial charge in [-0.25, -0.2) is 0 Å². The summed E-state index contributed by atoms with van der Waals surface area (Å²) in [5, 5.41) is 23.3. The molecule has 0 atom stereocenters. The van der Waals surface area contributed by atoms with Gasteiger partial charge in [-0.1, -0.05) is 0 Å². The normalized spacial score (nSPS) is 10.4. The van der Waals surface area contributed by atoms with Crippen LogP contribution in [-0.4, -0.2) is 48.3 Å². The molecule has 0 unspecified atom stereocenters. The lowest BCUT2D eigenvalue weighted by molar-refractivity contribution is -0.138. The number of rotatable bonds is 13. The first-order chi connectivity index (χ1) is 8.63. The van der Waals surface area contributed by atoms with E-state index in [-0.39, 0.29) is 12.8 Å². The van der Waals surface area contributed by atoms with Crippen LogP contribution in [0.2, 0.25) is 0 Å². The third-order valence-electron chi connectivity index (χ3n) is 2.47. The lowest BCUT2D eigenvalue weighted by Gasteiger charge is -2.05. The summed E-state index contributed by atoms with van der Waals surface area (Å²) in [5.74, 6) is -1.48. The Labute approximate surface area is 108 Å². The molecule has 0 aromatic carbocycles. The summed E-state index contributed by atoms with van der Waals surface area (Å²) in [6, 6.07) is 0. The minimum absolute atomic E-state index is 0.240. The molecule has 0 spiro atoms. The molecule has 0 aliphatic rings. The van der Waals surface area contributed by atoms with Crippen LogP contribution >= 0.6 is 0 Å². The predicted octanol–water partition coefficient (Wildman–Crippen LogP) is 0.675. The van der Waals surface area contributed by atoms with E-state index < -0.39 is 11.9 Å². The van der Waals surface area contributed by atoms with Gasteiger partial charge in [0.05, 0.1) is 0 Å². The summed E-state index contributed by atoms with van der Waals surface area (Å²) in [4.78, 5) is 20.5. The zero-order valence-corrected chi connectivity index (χ0v) is 10.8. The van der Waals surface area contributed by atoms with E-state index in [0.717, 1.165) is 39.0 Å². The van der Waals surface area contributed by atoms with Gasteiger partial charge in [-0.2, -0.15) is 0 Å². The van der Waals surface area contributed by atoms with Gasteiger partial charge in [0.1, 0.15) is 0 Å². The molecule has 0 radical (unpaired) electrons. The first-order valence-corrected chi connectivity index (χ1v) is 6.48. The van der Waals surface area contributed by atoms with Crippen LogP contribution in [0.5, 0.6) is 0 Å². The third-order valence-corrected chi connectivity index (χ3v) is 2.47. The Balaban J connectivity index is 2.99. The third kappa shape index (κ3) is 14.9. The summed E-state index contributed by atoms with van der Waals surface area (Å²) >= 11 is 0. The highest BCUT2D eigenvalue weighted by molar-refractivity contribution is 5.66. The molecule has 0 aliphatic carbocycles. The van der Waals surface area contributed by atoms with Crippen molar-refractivity contribution in [2.45, 2.75) is 38.5 Å². The SMILES string of the molecule is O=C(O)CCCCNCCNCCCCC(=O)O. The summed E-state index contributed by atoms with van der Waals surface area (Å²) in [5.41, 5.74) is 0. The first kappa shape index (κ1) is 16.9. The molecule has 4 N–H and O–H groups in total.